The number of amides is 1. The van der Waals surface area contributed by atoms with Gasteiger partial charge in [-0.3, -0.25) is 0 Å². The number of thiophene rings is 1. The third kappa shape index (κ3) is 5.38. The minimum absolute atomic E-state index is 0.188. The van der Waals surface area contributed by atoms with Gasteiger partial charge in [0.1, 0.15) is 11.6 Å². The van der Waals surface area contributed by atoms with Crippen molar-refractivity contribution in [2.75, 3.05) is 0 Å². The molecule has 2 N–H and O–H groups in total. The van der Waals surface area contributed by atoms with Crippen LogP contribution in [0.1, 0.15) is 26.3 Å². The topological polar surface area (TPSA) is 75.6 Å². The lowest BCUT2D eigenvalue weighted by Crippen LogP contribution is -2.44. The molecule has 1 aromatic carbocycles. The van der Waals surface area contributed by atoms with Crippen molar-refractivity contribution < 1.29 is 19.4 Å². The van der Waals surface area contributed by atoms with Gasteiger partial charge in [0.25, 0.3) is 0 Å². The SMILES string of the molecule is CC(C)(C)OC(=O)NC(Cc1cccc(-c2cccs2)c1)C(=O)O. The van der Waals surface area contributed by atoms with Crippen LogP contribution in [0.2, 0.25) is 0 Å². The largest absolute Gasteiger partial charge is 0.480 e. The van der Waals surface area contributed by atoms with Gasteiger partial charge < -0.3 is 15.2 Å². The Balaban J connectivity index is 2.09. The molecule has 0 fully saturated rings. The molecule has 0 saturated heterocycles. The molecule has 0 aliphatic rings. The van der Waals surface area contributed by atoms with Gasteiger partial charge in [-0.15, -0.1) is 11.3 Å². The molecule has 6 heteroatoms. The first kappa shape index (κ1) is 18.0. The molecule has 1 atom stereocenters. The molecule has 128 valence electrons. The number of carboxylic acids is 1. The Hall–Kier alpha value is -2.34. The summed E-state index contributed by atoms with van der Waals surface area (Å²) >= 11 is 1.62. The third-order valence-corrected chi connectivity index (χ3v) is 4.08. The van der Waals surface area contributed by atoms with E-state index < -0.39 is 23.7 Å². The Kier molecular flexibility index (Phi) is 5.62. The molecule has 2 rings (SSSR count). The molecule has 0 aliphatic heterocycles. The Morgan fingerprint density at radius 2 is 2.00 bits per heavy atom. The number of ether oxygens (including phenoxy) is 1. The lowest BCUT2D eigenvalue weighted by Gasteiger charge is -2.22. The van der Waals surface area contributed by atoms with Gasteiger partial charge in [0.15, 0.2) is 0 Å². The second-order valence-electron chi connectivity index (χ2n) is 6.42. The van der Waals surface area contributed by atoms with Crippen molar-refractivity contribution in [1.29, 1.82) is 0 Å². The Morgan fingerprint density at radius 3 is 2.58 bits per heavy atom. The van der Waals surface area contributed by atoms with E-state index in [1.165, 1.54) is 0 Å². The fourth-order valence-electron chi connectivity index (χ4n) is 2.18. The zero-order chi connectivity index (χ0) is 17.7. The van der Waals surface area contributed by atoms with E-state index in [1.807, 2.05) is 41.8 Å². The van der Waals surface area contributed by atoms with E-state index in [1.54, 1.807) is 32.1 Å². The monoisotopic (exact) mass is 347 g/mol. The number of carboxylic acid groups (broad SMARTS) is 1. The first-order valence-corrected chi connectivity index (χ1v) is 8.48. The molecule has 0 bridgehead atoms. The molecule has 0 radical (unpaired) electrons. The van der Waals surface area contributed by atoms with Crippen molar-refractivity contribution in [3.05, 3.63) is 47.3 Å². The molecule has 1 amide bonds. The molecule has 2 aromatic rings. The van der Waals surface area contributed by atoms with E-state index in [2.05, 4.69) is 5.32 Å². The number of aliphatic carboxylic acids is 1. The van der Waals surface area contributed by atoms with Crippen molar-refractivity contribution >= 4 is 23.4 Å². The third-order valence-electron chi connectivity index (χ3n) is 3.16. The zero-order valence-electron chi connectivity index (χ0n) is 13.9. The minimum atomic E-state index is -1.10. The second-order valence-corrected chi connectivity index (χ2v) is 7.37. The van der Waals surface area contributed by atoms with Gasteiger partial charge >= 0.3 is 12.1 Å². The summed E-state index contributed by atoms with van der Waals surface area (Å²) in [6.45, 7) is 5.19. The van der Waals surface area contributed by atoms with Crippen molar-refractivity contribution in [1.82, 2.24) is 5.32 Å². The van der Waals surface area contributed by atoms with E-state index in [0.29, 0.717) is 0 Å². The smallest absolute Gasteiger partial charge is 0.408 e. The predicted molar refractivity (Wildman–Crippen MR) is 94.3 cm³/mol. The molecular weight excluding hydrogens is 326 g/mol. The number of rotatable bonds is 5. The maximum absolute atomic E-state index is 11.8. The molecule has 0 spiro atoms. The summed E-state index contributed by atoms with van der Waals surface area (Å²) in [6, 6.07) is 10.6. The van der Waals surface area contributed by atoms with Crippen LogP contribution in [-0.4, -0.2) is 28.8 Å². The Bertz CT molecular complexity index is 704. The quantitative estimate of drug-likeness (QED) is 0.859. The van der Waals surface area contributed by atoms with Crippen LogP contribution in [0.3, 0.4) is 0 Å². The number of benzene rings is 1. The average Bonchev–Trinajstić information content (AvgIpc) is 2.99. The van der Waals surface area contributed by atoms with Gasteiger partial charge in [-0.2, -0.15) is 0 Å². The number of nitrogens with one attached hydrogen (secondary N) is 1. The highest BCUT2D eigenvalue weighted by Crippen LogP contribution is 2.25. The van der Waals surface area contributed by atoms with Crippen LogP contribution >= 0.6 is 11.3 Å². The maximum atomic E-state index is 11.8. The first-order chi connectivity index (χ1) is 11.2. The Morgan fingerprint density at radius 1 is 1.25 bits per heavy atom. The summed E-state index contributed by atoms with van der Waals surface area (Å²) in [6.07, 6.45) is -0.544. The fourth-order valence-corrected chi connectivity index (χ4v) is 2.90. The van der Waals surface area contributed by atoms with Gasteiger partial charge in [0.2, 0.25) is 0 Å². The highest BCUT2D eigenvalue weighted by Gasteiger charge is 2.24. The van der Waals surface area contributed by atoms with E-state index in [0.717, 1.165) is 16.0 Å². The number of hydrogen-bond acceptors (Lipinski definition) is 4. The molecule has 5 nitrogen and oxygen atoms in total. The summed E-state index contributed by atoms with van der Waals surface area (Å²) in [5.74, 6) is -1.10. The molecular formula is C18H21NO4S. The first-order valence-electron chi connectivity index (χ1n) is 7.60. The normalized spacial score (nSPS) is 12.5. The van der Waals surface area contributed by atoms with Crippen molar-refractivity contribution in [3.8, 4) is 10.4 Å². The van der Waals surface area contributed by atoms with Crippen LogP contribution in [0, 0.1) is 0 Å². The summed E-state index contributed by atoms with van der Waals surface area (Å²) < 4.78 is 5.13. The highest BCUT2D eigenvalue weighted by atomic mass is 32.1. The van der Waals surface area contributed by atoms with Crippen LogP contribution in [0.5, 0.6) is 0 Å². The highest BCUT2D eigenvalue weighted by molar-refractivity contribution is 7.13. The van der Waals surface area contributed by atoms with Crippen molar-refractivity contribution in [2.45, 2.75) is 38.8 Å². The molecule has 1 unspecified atom stereocenters. The fraction of sp³-hybridized carbons (Fsp3) is 0.333. The summed E-state index contributed by atoms with van der Waals surface area (Å²) in [5, 5.41) is 13.8. The number of carbonyl (C=O) groups excluding carboxylic acids is 1. The van der Waals surface area contributed by atoms with Crippen molar-refractivity contribution in [3.63, 3.8) is 0 Å². The van der Waals surface area contributed by atoms with Crippen LogP contribution in [0.15, 0.2) is 41.8 Å². The maximum Gasteiger partial charge on any atom is 0.408 e. The van der Waals surface area contributed by atoms with Gasteiger partial charge in [-0.1, -0.05) is 30.3 Å². The molecule has 0 saturated carbocycles. The molecule has 1 heterocycles. The van der Waals surface area contributed by atoms with E-state index in [-0.39, 0.29) is 6.42 Å². The van der Waals surface area contributed by atoms with Crippen LogP contribution in [0.25, 0.3) is 10.4 Å². The lowest BCUT2D eigenvalue weighted by atomic mass is 10.0. The van der Waals surface area contributed by atoms with Crippen molar-refractivity contribution in [2.24, 2.45) is 0 Å². The molecule has 0 aliphatic carbocycles. The average molecular weight is 347 g/mol. The summed E-state index contributed by atoms with van der Waals surface area (Å²) in [5.41, 5.74) is 1.19. The van der Waals surface area contributed by atoms with E-state index in [9.17, 15) is 14.7 Å². The van der Waals surface area contributed by atoms with Crippen LogP contribution in [0.4, 0.5) is 4.79 Å². The number of carbonyl (C=O) groups is 2. The summed E-state index contributed by atoms with van der Waals surface area (Å²) in [7, 11) is 0. The van der Waals surface area contributed by atoms with E-state index >= 15 is 0 Å². The van der Waals surface area contributed by atoms with Gasteiger partial charge in [0.05, 0.1) is 0 Å². The van der Waals surface area contributed by atoms with Crippen LogP contribution in [-0.2, 0) is 16.0 Å². The van der Waals surface area contributed by atoms with E-state index in [4.69, 9.17) is 4.74 Å². The zero-order valence-corrected chi connectivity index (χ0v) is 14.7. The van der Waals surface area contributed by atoms with Gasteiger partial charge in [0, 0.05) is 11.3 Å². The van der Waals surface area contributed by atoms with Gasteiger partial charge in [-0.05, 0) is 43.3 Å². The standard InChI is InChI=1S/C18H21NO4S/c1-18(2,3)23-17(22)19-14(16(20)21)11-12-6-4-7-13(10-12)15-8-5-9-24-15/h4-10,14H,11H2,1-3H3,(H,19,22)(H,20,21). The Labute approximate surface area is 145 Å². The number of hydrogen-bond donors (Lipinski definition) is 2. The molecule has 24 heavy (non-hydrogen) atoms. The van der Waals surface area contributed by atoms with Crippen LogP contribution < -0.4 is 5.32 Å². The number of alkyl carbamates (subject to hydrolysis) is 1. The molecule has 1 aromatic heterocycles. The summed E-state index contributed by atoms with van der Waals surface area (Å²) in [4.78, 5) is 24.4. The van der Waals surface area contributed by atoms with Gasteiger partial charge in [-0.25, -0.2) is 9.59 Å². The predicted octanol–water partition coefficient (Wildman–Crippen LogP) is 3.94. The minimum Gasteiger partial charge on any atom is -0.480 e. The lowest BCUT2D eigenvalue weighted by molar-refractivity contribution is -0.139. The second kappa shape index (κ2) is 7.49.